The molecule has 0 saturated heterocycles. The van der Waals surface area contributed by atoms with Gasteiger partial charge in [0.2, 0.25) is 0 Å². The van der Waals surface area contributed by atoms with Crippen LogP contribution in [0.4, 0.5) is 0 Å². The van der Waals surface area contributed by atoms with Gasteiger partial charge in [0.25, 0.3) is 0 Å². The standard InChI is InChI=1S/C19H42O2Si/c1-11-20-22(16(3)4,21-12-2)14-17(5)13-19(9,10)15-18(6,7)8/h16-17H,11-15H2,1-10H3. The van der Waals surface area contributed by atoms with E-state index in [9.17, 15) is 0 Å². The van der Waals surface area contributed by atoms with Crippen LogP contribution in [0.15, 0.2) is 0 Å². The van der Waals surface area contributed by atoms with Gasteiger partial charge < -0.3 is 8.85 Å². The zero-order chi connectivity index (χ0) is 17.6. The van der Waals surface area contributed by atoms with Gasteiger partial charge in [0, 0.05) is 13.2 Å². The molecular formula is C19H42O2Si. The Morgan fingerprint density at radius 1 is 0.864 bits per heavy atom. The van der Waals surface area contributed by atoms with E-state index >= 15 is 0 Å². The molecule has 1 atom stereocenters. The van der Waals surface area contributed by atoms with Gasteiger partial charge in [0.15, 0.2) is 0 Å². The van der Waals surface area contributed by atoms with Gasteiger partial charge in [-0.3, -0.25) is 0 Å². The molecule has 0 rings (SSSR count). The highest BCUT2D eigenvalue weighted by molar-refractivity contribution is 6.68. The van der Waals surface area contributed by atoms with Crippen molar-refractivity contribution in [2.24, 2.45) is 16.7 Å². The van der Waals surface area contributed by atoms with E-state index in [1.165, 1.54) is 12.8 Å². The molecule has 0 aromatic carbocycles. The molecule has 0 heterocycles. The summed E-state index contributed by atoms with van der Waals surface area (Å²) in [5.74, 6) is 0.643. The molecule has 0 bridgehead atoms. The number of rotatable bonds is 10. The topological polar surface area (TPSA) is 18.5 Å². The Labute approximate surface area is 141 Å². The maximum absolute atomic E-state index is 6.23. The first-order valence-corrected chi connectivity index (χ1v) is 11.3. The lowest BCUT2D eigenvalue weighted by Crippen LogP contribution is -2.47. The van der Waals surface area contributed by atoms with Crippen molar-refractivity contribution >= 4 is 8.56 Å². The maximum Gasteiger partial charge on any atom is 0.341 e. The Kier molecular flexibility index (Phi) is 8.90. The fourth-order valence-electron chi connectivity index (χ4n) is 4.23. The second-order valence-electron chi connectivity index (χ2n) is 9.25. The Balaban J connectivity index is 4.92. The lowest BCUT2D eigenvalue weighted by Gasteiger charge is -2.39. The lowest BCUT2D eigenvalue weighted by atomic mass is 9.72. The Morgan fingerprint density at radius 2 is 1.32 bits per heavy atom. The molecule has 134 valence electrons. The summed E-state index contributed by atoms with van der Waals surface area (Å²) in [6.07, 6.45) is 2.50. The predicted octanol–water partition coefficient (Wildman–Crippen LogP) is 6.40. The molecule has 1 unspecified atom stereocenters. The van der Waals surface area contributed by atoms with Gasteiger partial charge in [-0.25, -0.2) is 0 Å². The van der Waals surface area contributed by atoms with Crippen LogP contribution in [0, 0.1) is 16.7 Å². The molecule has 0 saturated carbocycles. The zero-order valence-electron chi connectivity index (χ0n) is 17.0. The monoisotopic (exact) mass is 330 g/mol. The third-order valence-corrected chi connectivity index (χ3v) is 8.78. The van der Waals surface area contributed by atoms with Gasteiger partial charge in [-0.2, -0.15) is 0 Å². The molecule has 22 heavy (non-hydrogen) atoms. The third kappa shape index (κ3) is 8.12. The zero-order valence-corrected chi connectivity index (χ0v) is 18.0. The molecular weight excluding hydrogens is 288 g/mol. The van der Waals surface area contributed by atoms with Crippen molar-refractivity contribution < 1.29 is 8.85 Å². The molecule has 0 aliphatic rings. The molecule has 0 aromatic heterocycles. The van der Waals surface area contributed by atoms with Crippen LogP contribution in [0.1, 0.15) is 82.1 Å². The summed E-state index contributed by atoms with van der Waals surface area (Å²) >= 11 is 0. The quantitative estimate of drug-likeness (QED) is 0.431. The van der Waals surface area contributed by atoms with E-state index in [4.69, 9.17) is 8.85 Å². The highest BCUT2D eigenvalue weighted by atomic mass is 28.4. The molecule has 2 nitrogen and oxygen atoms in total. The summed E-state index contributed by atoms with van der Waals surface area (Å²) < 4.78 is 12.5. The van der Waals surface area contributed by atoms with E-state index in [1.807, 2.05) is 0 Å². The minimum absolute atomic E-state index is 0.368. The van der Waals surface area contributed by atoms with Gasteiger partial charge in [-0.1, -0.05) is 55.4 Å². The largest absolute Gasteiger partial charge is 0.394 e. The van der Waals surface area contributed by atoms with Crippen molar-refractivity contribution in [2.45, 2.75) is 93.7 Å². The minimum Gasteiger partial charge on any atom is -0.394 e. The van der Waals surface area contributed by atoms with Crippen molar-refractivity contribution in [3.8, 4) is 0 Å². The van der Waals surface area contributed by atoms with Crippen molar-refractivity contribution in [2.75, 3.05) is 13.2 Å². The third-order valence-electron chi connectivity index (χ3n) is 4.20. The average molecular weight is 331 g/mol. The Morgan fingerprint density at radius 3 is 1.64 bits per heavy atom. The Hall–Kier alpha value is 0.137. The van der Waals surface area contributed by atoms with Crippen LogP contribution >= 0.6 is 0 Å². The van der Waals surface area contributed by atoms with Crippen molar-refractivity contribution in [3.05, 3.63) is 0 Å². The summed E-state index contributed by atoms with van der Waals surface area (Å²) in [7, 11) is -2.09. The van der Waals surface area contributed by atoms with Crippen molar-refractivity contribution in [1.29, 1.82) is 0 Å². The predicted molar refractivity (Wildman–Crippen MR) is 101 cm³/mol. The molecule has 0 fully saturated rings. The second kappa shape index (κ2) is 8.84. The summed E-state index contributed by atoms with van der Waals surface area (Å²) in [5, 5.41) is 0. The van der Waals surface area contributed by atoms with Gasteiger partial charge in [0.05, 0.1) is 0 Å². The van der Waals surface area contributed by atoms with Crippen molar-refractivity contribution in [1.82, 2.24) is 0 Å². The van der Waals surface area contributed by atoms with Gasteiger partial charge in [0.1, 0.15) is 0 Å². The van der Waals surface area contributed by atoms with Crippen LogP contribution in [0.5, 0.6) is 0 Å². The molecule has 0 spiro atoms. The van der Waals surface area contributed by atoms with E-state index < -0.39 is 8.56 Å². The molecule has 0 aromatic rings. The van der Waals surface area contributed by atoms with E-state index in [1.54, 1.807) is 0 Å². The Bertz CT molecular complexity index is 299. The summed E-state index contributed by atoms with van der Waals surface area (Å²) in [4.78, 5) is 0. The minimum atomic E-state index is -2.09. The molecule has 0 amide bonds. The summed E-state index contributed by atoms with van der Waals surface area (Å²) in [6.45, 7) is 24.5. The molecule has 0 aliphatic heterocycles. The maximum atomic E-state index is 6.23. The molecule has 0 N–H and O–H groups in total. The van der Waals surface area contributed by atoms with Crippen LogP contribution in [-0.2, 0) is 8.85 Å². The van der Waals surface area contributed by atoms with Crippen LogP contribution in [0.25, 0.3) is 0 Å². The summed E-state index contributed by atoms with van der Waals surface area (Å²) in [5.41, 5.74) is 1.25. The van der Waals surface area contributed by atoms with Gasteiger partial charge >= 0.3 is 8.56 Å². The molecule has 0 radical (unpaired) electrons. The van der Waals surface area contributed by atoms with E-state index in [0.717, 1.165) is 19.3 Å². The SMILES string of the molecule is CCO[Si](CC(C)CC(C)(C)CC(C)(C)C)(OCC)C(C)C. The fourth-order valence-corrected chi connectivity index (χ4v) is 7.78. The van der Waals surface area contributed by atoms with Crippen LogP contribution in [0.3, 0.4) is 0 Å². The first-order chi connectivity index (χ1) is 9.87. The number of hydrogen-bond donors (Lipinski definition) is 0. The van der Waals surface area contributed by atoms with E-state index in [0.29, 0.717) is 22.3 Å². The first kappa shape index (κ1) is 22.1. The summed E-state index contributed by atoms with van der Waals surface area (Å²) in [6, 6.07) is 1.11. The molecule has 0 aliphatic carbocycles. The average Bonchev–Trinajstić information content (AvgIpc) is 2.24. The number of hydrogen-bond acceptors (Lipinski definition) is 2. The van der Waals surface area contributed by atoms with Crippen LogP contribution in [0.2, 0.25) is 11.6 Å². The lowest BCUT2D eigenvalue weighted by molar-refractivity contribution is 0.152. The highest BCUT2D eigenvalue weighted by Gasteiger charge is 2.43. The van der Waals surface area contributed by atoms with E-state index in [-0.39, 0.29) is 0 Å². The fraction of sp³-hybridized carbons (Fsp3) is 1.00. The highest BCUT2D eigenvalue weighted by Crippen LogP contribution is 2.41. The van der Waals surface area contributed by atoms with Gasteiger partial charge in [-0.15, -0.1) is 0 Å². The van der Waals surface area contributed by atoms with Gasteiger partial charge in [-0.05, 0) is 55.0 Å². The van der Waals surface area contributed by atoms with Crippen LogP contribution in [-0.4, -0.2) is 21.8 Å². The van der Waals surface area contributed by atoms with Crippen molar-refractivity contribution in [3.63, 3.8) is 0 Å². The molecule has 3 heteroatoms. The smallest absolute Gasteiger partial charge is 0.341 e. The normalized spacial score (nSPS) is 15.4. The van der Waals surface area contributed by atoms with E-state index in [2.05, 4.69) is 69.2 Å². The van der Waals surface area contributed by atoms with Crippen LogP contribution < -0.4 is 0 Å². The first-order valence-electron chi connectivity index (χ1n) is 9.15. The second-order valence-corrected chi connectivity index (χ2v) is 13.0.